The third kappa shape index (κ3) is 4.75. The molecule has 2 aromatic heterocycles. The van der Waals surface area contributed by atoms with Gasteiger partial charge in [0.05, 0.1) is 36.1 Å². The van der Waals surface area contributed by atoms with E-state index < -0.39 is 23.9 Å². The van der Waals surface area contributed by atoms with Crippen LogP contribution in [-0.4, -0.2) is 73.4 Å². The number of methoxy groups -OCH3 is 1. The van der Waals surface area contributed by atoms with E-state index in [1.54, 1.807) is 32.4 Å². The molecule has 190 valence electrons. The van der Waals surface area contributed by atoms with Gasteiger partial charge in [-0.25, -0.2) is 9.78 Å². The third-order valence-electron chi connectivity index (χ3n) is 6.54. The highest BCUT2D eigenvalue weighted by Gasteiger charge is 2.40. The van der Waals surface area contributed by atoms with E-state index >= 15 is 0 Å². The zero-order valence-electron chi connectivity index (χ0n) is 20.0. The van der Waals surface area contributed by atoms with Crippen molar-refractivity contribution in [3.63, 3.8) is 0 Å². The van der Waals surface area contributed by atoms with Gasteiger partial charge in [-0.3, -0.25) is 14.8 Å². The van der Waals surface area contributed by atoms with Crippen molar-refractivity contribution in [2.45, 2.75) is 19.2 Å². The zero-order valence-corrected chi connectivity index (χ0v) is 20.0. The summed E-state index contributed by atoms with van der Waals surface area (Å²) >= 11 is 0. The molecule has 11 heteroatoms. The largest absolute Gasteiger partial charge is 0.481 e. The van der Waals surface area contributed by atoms with Gasteiger partial charge in [-0.05, 0) is 31.2 Å². The number of piperazine rings is 1. The summed E-state index contributed by atoms with van der Waals surface area (Å²) in [4.78, 5) is 26.9. The second kappa shape index (κ2) is 9.45. The van der Waals surface area contributed by atoms with Gasteiger partial charge in [-0.2, -0.15) is 13.2 Å². The standard InChI is InChI=1S/C25H26F3N5O3/c1-16-3-5-20(18(13-16)25(26,27)28)33-15-17(36-24(33)34)14-31-9-11-32(12-10-31)21-7-8-29-19-4-6-22(35-2)30-23(19)21/h3-8,13,17H,9-12,14-15H2,1-2H3/t17-/m1/s1. The first-order valence-electron chi connectivity index (χ1n) is 11.7. The molecule has 0 bridgehead atoms. The Balaban J connectivity index is 1.24. The van der Waals surface area contributed by atoms with Crippen LogP contribution in [0.2, 0.25) is 0 Å². The van der Waals surface area contributed by atoms with Gasteiger partial charge in [0.25, 0.3) is 0 Å². The summed E-state index contributed by atoms with van der Waals surface area (Å²) in [5.74, 6) is 0.519. The van der Waals surface area contributed by atoms with Gasteiger partial charge in [0.15, 0.2) is 0 Å². The minimum atomic E-state index is -4.56. The molecule has 36 heavy (non-hydrogen) atoms. The number of aryl methyl sites for hydroxylation is 1. The molecule has 0 spiro atoms. The molecule has 1 atom stereocenters. The van der Waals surface area contributed by atoms with Gasteiger partial charge in [0, 0.05) is 45.0 Å². The third-order valence-corrected chi connectivity index (χ3v) is 6.54. The lowest BCUT2D eigenvalue weighted by Gasteiger charge is -2.36. The summed E-state index contributed by atoms with van der Waals surface area (Å²) in [5, 5.41) is 0. The van der Waals surface area contributed by atoms with Gasteiger partial charge in [0.1, 0.15) is 11.6 Å². The number of anilines is 2. The minimum Gasteiger partial charge on any atom is -0.481 e. The maximum absolute atomic E-state index is 13.6. The lowest BCUT2D eigenvalue weighted by atomic mass is 10.1. The number of carbonyl (C=O) groups is 1. The number of pyridine rings is 2. The summed E-state index contributed by atoms with van der Waals surface area (Å²) in [5.41, 5.74) is 1.99. The Kier molecular flexibility index (Phi) is 6.33. The molecule has 8 nitrogen and oxygen atoms in total. The number of cyclic esters (lactones) is 1. The molecule has 2 aliphatic heterocycles. The molecule has 0 saturated carbocycles. The van der Waals surface area contributed by atoms with Gasteiger partial charge in [-0.1, -0.05) is 11.6 Å². The molecule has 1 aromatic carbocycles. The van der Waals surface area contributed by atoms with Crippen LogP contribution in [0.4, 0.5) is 29.3 Å². The average molecular weight is 502 g/mol. The maximum Gasteiger partial charge on any atom is 0.418 e. The van der Waals surface area contributed by atoms with Crippen molar-refractivity contribution < 1.29 is 27.4 Å². The summed E-state index contributed by atoms with van der Waals surface area (Å²) in [6.45, 7) is 4.97. The fraction of sp³-hybridized carbons (Fsp3) is 0.400. The molecule has 1 amide bonds. The van der Waals surface area contributed by atoms with Crippen LogP contribution in [0.25, 0.3) is 11.0 Å². The number of hydrogen-bond donors (Lipinski definition) is 0. The molecule has 2 fully saturated rings. The van der Waals surface area contributed by atoms with Crippen molar-refractivity contribution in [3.8, 4) is 5.88 Å². The Bertz CT molecular complexity index is 1280. The van der Waals surface area contributed by atoms with E-state index in [1.807, 2.05) is 12.1 Å². The second-order valence-electron chi connectivity index (χ2n) is 8.97. The first kappa shape index (κ1) is 24.1. The number of nitrogens with zero attached hydrogens (tertiary/aromatic N) is 5. The normalized spacial score (nSPS) is 19.1. The number of halogens is 3. The first-order chi connectivity index (χ1) is 17.2. The predicted molar refractivity (Wildman–Crippen MR) is 129 cm³/mol. The lowest BCUT2D eigenvalue weighted by molar-refractivity contribution is -0.137. The number of aromatic nitrogens is 2. The second-order valence-corrected chi connectivity index (χ2v) is 8.97. The Morgan fingerprint density at radius 2 is 1.86 bits per heavy atom. The molecule has 0 unspecified atom stereocenters. The van der Waals surface area contributed by atoms with E-state index in [4.69, 9.17) is 9.47 Å². The van der Waals surface area contributed by atoms with Crippen molar-refractivity contribution in [2.75, 3.05) is 56.2 Å². The summed E-state index contributed by atoms with van der Waals surface area (Å²) < 4.78 is 51.5. The van der Waals surface area contributed by atoms with Crippen LogP contribution in [-0.2, 0) is 10.9 Å². The van der Waals surface area contributed by atoms with Gasteiger partial charge < -0.3 is 14.4 Å². The van der Waals surface area contributed by atoms with Crippen molar-refractivity contribution in [3.05, 3.63) is 53.7 Å². The Morgan fingerprint density at radius 1 is 1.08 bits per heavy atom. The minimum absolute atomic E-state index is 0.0733. The molecular formula is C25H26F3N5O3. The Morgan fingerprint density at radius 3 is 2.58 bits per heavy atom. The number of hydrogen-bond acceptors (Lipinski definition) is 7. The number of benzene rings is 1. The zero-order chi connectivity index (χ0) is 25.4. The van der Waals surface area contributed by atoms with Crippen LogP contribution in [0, 0.1) is 6.92 Å². The first-order valence-corrected chi connectivity index (χ1v) is 11.7. The van der Waals surface area contributed by atoms with Crippen molar-refractivity contribution in [2.24, 2.45) is 0 Å². The molecule has 0 N–H and O–H groups in total. The number of ether oxygens (including phenoxy) is 2. The Hall–Kier alpha value is -3.60. The molecular weight excluding hydrogens is 475 g/mol. The Labute approximate surface area is 206 Å². The van der Waals surface area contributed by atoms with Crippen molar-refractivity contribution >= 4 is 28.5 Å². The van der Waals surface area contributed by atoms with E-state index in [9.17, 15) is 18.0 Å². The molecule has 5 rings (SSSR count). The predicted octanol–water partition coefficient (Wildman–Crippen LogP) is 4.11. The smallest absolute Gasteiger partial charge is 0.418 e. The average Bonchev–Trinajstić information content (AvgIpc) is 3.22. The van der Waals surface area contributed by atoms with E-state index in [2.05, 4.69) is 19.8 Å². The van der Waals surface area contributed by atoms with Crippen molar-refractivity contribution in [1.82, 2.24) is 14.9 Å². The molecule has 4 heterocycles. The monoisotopic (exact) mass is 501 g/mol. The molecule has 2 aliphatic rings. The van der Waals surface area contributed by atoms with Gasteiger partial charge in [0.2, 0.25) is 5.88 Å². The molecule has 2 saturated heterocycles. The SMILES string of the molecule is COc1ccc2nccc(N3CCN(C[C@@H]4CN(c5ccc(C)cc5C(F)(F)F)C(=O)O4)CC3)c2n1. The van der Waals surface area contributed by atoms with Gasteiger partial charge in [-0.15, -0.1) is 0 Å². The van der Waals surface area contributed by atoms with Crippen LogP contribution in [0.5, 0.6) is 5.88 Å². The van der Waals surface area contributed by atoms with E-state index in [1.165, 1.54) is 6.07 Å². The lowest BCUT2D eigenvalue weighted by Crippen LogP contribution is -2.49. The van der Waals surface area contributed by atoms with E-state index in [0.717, 1.165) is 40.8 Å². The number of fused-ring (bicyclic) bond motifs is 1. The number of amides is 1. The fourth-order valence-corrected chi connectivity index (χ4v) is 4.75. The number of alkyl halides is 3. The topological polar surface area (TPSA) is 71.0 Å². The summed E-state index contributed by atoms with van der Waals surface area (Å²) in [6.07, 6.45) is -4.08. The van der Waals surface area contributed by atoms with Crippen molar-refractivity contribution in [1.29, 1.82) is 0 Å². The van der Waals surface area contributed by atoms with Crippen LogP contribution >= 0.6 is 0 Å². The highest BCUT2D eigenvalue weighted by molar-refractivity contribution is 5.91. The highest BCUT2D eigenvalue weighted by Crippen LogP contribution is 2.38. The van der Waals surface area contributed by atoms with E-state index in [-0.39, 0.29) is 12.2 Å². The highest BCUT2D eigenvalue weighted by atomic mass is 19.4. The number of rotatable bonds is 5. The summed E-state index contributed by atoms with van der Waals surface area (Å²) in [7, 11) is 1.57. The quantitative estimate of drug-likeness (QED) is 0.521. The van der Waals surface area contributed by atoms with Crippen LogP contribution in [0.3, 0.4) is 0 Å². The summed E-state index contributed by atoms with van der Waals surface area (Å²) in [6, 6.07) is 9.54. The maximum atomic E-state index is 13.6. The van der Waals surface area contributed by atoms with Crippen LogP contribution < -0.4 is 14.5 Å². The van der Waals surface area contributed by atoms with E-state index in [0.29, 0.717) is 31.1 Å². The fourth-order valence-electron chi connectivity index (χ4n) is 4.75. The number of carbonyl (C=O) groups excluding carboxylic acids is 1. The van der Waals surface area contributed by atoms with Gasteiger partial charge >= 0.3 is 12.3 Å². The van der Waals surface area contributed by atoms with Crippen LogP contribution in [0.1, 0.15) is 11.1 Å². The molecule has 0 aliphatic carbocycles. The molecule has 3 aromatic rings. The molecule has 0 radical (unpaired) electrons. The van der Waals surface area contributed by atoms with Crippen LogP contribution in [0.15, 0.2) is 42.6 Å².